The van der Waals surface area contributed by atoms with Gasteiger partial charge in [0.1, 0.15) is 0 Å². The average Bonchev–Trinajstić information content (AvgIpc) is 3.37. The lowest BCUT2D eigenvalue weighted by Crippen LogP contribution is -2.45. The summed E-state index contributed by atoms with van der Waals surface area (Å²) in [6.07, 6.45) is 0.417. The molecule has 1 aliphatic carbocycles. The van der Waals surface area contributed by atoms with Gasteiger partial charge in [0, 0.05) is 0 Å². The monoisotopic (exact) mass is 309 g/mol. The molecule has 0 saturated heterocycles. The van der Waals surface area contributed by atoms with Crippen LogP contribution in [-0.2, 0) is 15.1 Å². The van der Waals surface area contributed by atoms with Gasteiger partial charge in [-0.1, -0.05) is 60.7 Å². The molecule has 2 unspecified atom stereocenters. The maximum atomic E-state index is 12.5. The minimum absolute atomic E-state index is 0.201. The number of nitrogens with one attached hydrogen (secondary N) is 1. The number of carbonyl (C=O) groups is 2. The Hall–Kier alpha value is -2.62. The van der Waals surface area contributed by atoms with E-state index in [2.05, 4.69) is 5.32 Å². The first-order valence-electron chi connectivity index (χ1n) is 7.68. The second-order valence-corrected chi connectivity index (χ2v) is 6.13. The van der Waals surface area contributed by atoms with Gasteiger partial charge >= 0.3 is 5.97 Å². The second kappa shape index (κ2) is 5.88. The number of aliphatic carboxylic acids is 1. The Bertz CT molecular complexity index is 672. The quantitative estimate of drug-likeness (QED) is 0.892. The normalized spacial score (nSPS) is 19.9. The fraction of sp³-hybridized carbons (Fsp3) is 0.263. The Balaban J connectivity index is 1.91. The first-order valence-corrected chi connectivity index (χ1v) is 7.68. The van der Waals surface area contributed by atoms with E-state index in [9.17, 15) is 9.59 Å². The highest BCUT2D eigenvalue weighted by Crippen LogP contribution is 2.40. The minimum atomic E-state index is -0.897. The number of amides is 1. The van der Waals surface area contributed by atoms with Crippen molar-refractivity contribution < 1.29 is 14.7 Å². The molecule has 2 aromatic rings. The predicted molar refractivity (Wildman–Crippen MR) is 86.7 cm³/mol. The van der Waals surface area contributed by atoms with Crippen molar-refractivity contribution in [2.75, 3.05) is 0 Å². The highest BCUT2D eigenvalue weighted by Gasteiger charge is 2.49. The zero-order chi connectivity index (χ0) is 16.4. The Morgan fingerprint density at radius 1 is 0.957 bits per heavy atom. The van der Waals surface area contributed by atoms with E-state index in [1.54, 1.807) is 0 Å². The second-order valence-electron chi connectivity index (χ2n) is 6.13. The molecule has 4 heteroatoms. The van der Waals surface area contributed by atoms with Crippen molar-refractivity contribution in [2.45, 2.75) is 18.9 Å². The fourth-order valence-corrected chi connectivity index (χ4v) is 2.95. The van der Waals surface area contributed by atoms with Gasteiger partial charge < -0.3 is 10.4 Å². The third-order valence-corrected chi connectivity index (χ3v) is 4.52. The van der Waals surface area contributed by atoms with Gasteiger partial charge in [0.15, 0.2) is 0 Å². The van der Waals surface area contributed by atoms with E-state index in [0.29, 0.717) is 6.42 Å². The van der Waals surface area contributed by atoms with Gasteiger partial charge in [-0.3, -0.25) is 9.59 Å². The summed E-state index contributed by atoms with van der Waals surface area (Å²) in [5.41, 5.74) is 1.24. The molecule has 0 aliphatic heterocycles. The topological polar surface area (TPSA) is 66.4 Å². The first-order chi connectivity index (χ1) is 11.0. The smallest absolute Gasteiger partial charge is 0.307 e. The van der Waals surface area contributed by atoms with E-state index in [1.165, 1.54) is 0 Å². The van der Waals surface area contributed by atoms with Crippen LogP contribution in [0.25, 0.3) is 0 Å². The maximum Gasteiger partial charge on any atom is 0.307 e. The maximum absolute atomic E-state index is 12.5. The molecular formula is C19H19NO3. The number of hydrogen-bond donors (Lipinski definition) is 2. The van der Waals surface area contributed by atoms with Crippen molar-refractivity contribution in [3.63, 3.8) is 0 Å². The van der Waals surface area contributed by atoms with Gasteiger partial charge in [-0.05, 0) is 24.5 Å². The highest BCUT2D eigenvalue weighted by atomic mass is 16.4. The van der Waals surface area contributed by atoms with Gasteiger partial charge in [0.2, 0.25) is 5.91 Å². The molecule has 0 bridgehead atoms. The summed E-state index contributed by atoms with van der Waals surface area (Å²) in [4.78, 5) is 23.5. The van der Waals surface area contributed by atoms with Crippen LogP contribution in [0.4, 0.5) is 0 Å². The zero-order valence-corrected chi connectivity index (χ0v) is 12.9. The van der Waals surface area contributed by atoms with E-state index in [1.807, 2.05) is 67.6 Å². The van der Waals surface area contributed by atoms with Crippen LogP contribution in [0, 0.1) is 11.8 Å². The van der Waals surface area contributed by atoms with Crippen LogP contribution in [0.15, 0.2) is 60.7 Å². The summed E-state index contributed by atoms with van der Waals surface area (Å²) in [7, 11) is 0. The van der Waals surface area contributed by atoms with Crippen molar-refractivity contribution in [2.24, 2.45) is 11.8 Å². The van der Waals surface area contributed by atoms with Crippen LogP contribution in [0.5, 0.6) is 0 Å². The SMILES string of the molecule is CC(NC(=O)C1CC1C(=O)O)(c1ccccc1)c1ccccc1. The number of rotatable bonds is 5. The van der Waals surface area contributed by atoms with Crippen LogP contribution >= 0.6 is 0 Å². The van der Waals surface area contributed by atoms with Gasteiger partial charge in [0.25, 0.3) is 0 Å². The number of carboxylic acids is 1. The molecule has 3 rings (SSSR count). The summed E-state index contributed by atoms with van der Waals surface area (Å²) >= 11 is 0. The van der Waals surface area contributed by atoms with Crippen LogP contribution in [0.1, 0.15) is 24.5 Å². The van der Waals surface area contributed by atoms with E-state index in [4.69, 9.17) is 5.11 Å². The predicted octanol–water partition coefficient (Wildman–Crippen LogP) is 2.79. The highest BCUT2D eigenvalue weighted by molar-refractivity contribution is 5.90. The number of carboxylic acid groups (broad SMARTS) is 1. The van der Waals surface area contributed by atoms with E-state index in [-0.39, 0.29) is 5.91 Å². The summed E-state index contributed by atoms with van der Waals surface area (Å²) in [6, 6.07) is 19.4. The van der Waals surface area contributed by atoms with E-state index in [0.717, 1.165) is 11.1 Å². The van der Waals surface area contributed by atoms with Crippen molar-refractivity contribution in [1.82, 2.24) is 5.32 Å². The van der Waals surface area contributed by atoms with Crippen LogP contribution < -0.4 is 5.32 Å². The molecule has 4 nitrogen and oxygen atoms in total. The fourth-order valence-electron chi connectivity index (χ4n) is 2.95. The Morgan fingerprint density at radius 3 is 1.83 bits per heavy atom. The number of hydrogen-bond acceptors (Lipinski definition) is 2. The van der Waals surface area contributed by atoms with Crippen LogP contribution in [-0.4, -0.2) is 17.0 Å². The molecule has 0 heterocycles. The lowest BCUT2D eigenvalue weighted by atomic mass is 9.84. The molecule has 1 saturated carbocycles. The van der Waals surface area contributed by atoms with Crippen molar-refractivity contribution in [1.29, 1.82) is 0 Å². The molecule has 2 N–H and O–H groups in total. The minimum Gasteiger partial charge on any atom is -0.481 e. The molecule has 1 aliphatic rings. The largest absolute Gasteiger partial charge is 0.481 e. The van der Waals surface area contributed by atoms with Crippen molar-refractivity contribution >= 4 is 11.9 Å². The average molecular weight is 309 g/mol. The van der Waals surface area contributed by atoms with E-state index >= 15 is 0 Å². The summed E-state index contributed by atoms with van der Waals surface area (Å²) in [5, 5.41) is 12.1. The molecule has 0 spiro atoms. The molecule has 2 aromatic carbocycles. The lowest BCUT2D eigenvalue weighted by Gasteiger charge is -2.32. The van der Waals surface area contributed by atoms with Crippen molar-refractivity contribution in [3.8, 4) is 0 Å². The molecule has 1 amide bonds. The molecule has 1 fully saturated rings. The Morgan fingerprint density at radius 2 is 1.43 bits per heavy atom. The van der Waals surface area contributed by atoms with Crippen LogP contribution in [0.3, 0.4) is 0 Å². The summed E-state index contributed by atoms with van der Waals surface area (Å²) < 4.78 is 0. The molecular weight excluding hydrogens is 290 g/mol. The van der Waals surface area contributed by atoms with Crippen molar-refractivity contribution in [3.05, 3.63) is 71.8 Å². The molecule has 0 radical (unpaired) electrons. The molecule has 2 atom stereocenters. The first kappa shape index (κ1) is 15.3. The lowest BCUT2D eigenvalue weighted by molar-refractivity contribution is -0.140. The Kier molecular flexibility index (Phi) is 3.90. The summed E-state index contributed by atoms with van der Waals surface area (Å²) in [5.74, 6) is -2.08. The van der Waals surface area contributed by atoms with Gasteiger partial charge in [0.05, 0.1) is 17.4 Å². The third-order valence-electron chi connectivity index (χ3n) is 4.52. The Labute approximate surface area is 135 Å². The van der Waals surface area contributed by atoms with Gasteiger partial charge in [-0.15, -0.1) is 0 Å². The van der Waals surface area contributed by atoms with Gasteiger partial charge in [-0.25, -0.2) is 0 Å². The standard InChI is InChI=1S/C19H19NO3/c1-19(13-8-4-2-5-9-13,14-10-6-3-7-11-14)20-17(21)15-12-16(15)18(22)23/h2-11,15-16H,12H2,1H3,(H,20,21)(H,22,23). The number of benzene rings is 2. The molecule has 118 valence electrons. The van der Waals surface area contributed by atoms with Gasteiger partial charge in [-0.2, -0.15) is 0 Å². The zero-order valence-electron chi connectivity index (χ0n) is 12.9. The summed E-state index contributed by atoms with van der Waals surface area (Å²) in [6.45, 7) is 1.95. The van der Waals surface area contributed by atoms with Crippen LogP contribution in [0.2, 0.25) is 0 Å². The molecule has 0 aromatic heterocycles. The third kappa shape index (κ3) is 2.97. The van der Waals surface area contributed by atoms with E-state index < -0.39 is 23.3 Å². The number of carbonyl (C=O) groups excluding carboxylic acids is 1. The molecule has 23 heavy (non-hydrogen) atoms.